The van der Waals surface area contributed by atoms with Crippen molar-refractivity contribution in [2.24, 2.45) is 0 Å². The first-order valence-corrected chi connectivity index (χ1v) is 8.25. The van der Waals surface area contributed by atoms with Crippen molar-refractivity contribution in [2.45, 2.75) is 65.2 Å². The highest BCUT2D eigenvalue weighted by Crippen LogP contribution is 2.07. The molecule has 0 saturated heterocycles. The van der Waals surface area contributed by atoms with Gasteiger partial charge in [-0.2, -0.15) is 0 Å². The van der Waals surface area contributed by atoms with E-state index in [2.05, 4.69) is 11.6 Å². The van der Waals surface area contributed by atoms with Gasteiger partial charge in [-0.3, -0.25) is 0 Å². The molecular weight excluding hydrogens is 222 g/mol. The van der Waals surface area contributed by atoms with E-state index in [0.717, 1.165) is 19.3 Å². The zero-order valence-corrected chi connectivity index (χ0v) is 11.6. The maximum atomic E-state index is 11.4. The van der Waals surface area contributed by atoms with Crippen LogP contribution in [-0.4, -0.2) is 20.7 Å². The average Bonchev–Trinajstić information content (AvgIpc) is 2.25. The summed E-state index contributed by atoms with van der Waals surface area (Å²) in [7, 11) is -2.99. The topological polar surface area (TPSA) is 46.2 Å². The predicted molar refractivity (Wildman–Crippen MR) is 70.1 cm³/mol. The molecule has 0 aliphatic rings. The number of unbranched alkanes of at least 4 members (excludes halogenated alkanes) is 6. The largest absolute Gasteiger partial charge is 0.215 e. The first kappa shape index (κ1) is 15.9. The van der Waals surface area contributed by atoms with Crippen molar-refractivity contribution in [3.05, 3.63) is 0 Å². The van der Waals surface area contributed by atoms with Crippen LogP contribution in [-0.2, 0) is 10.0 Å². The van der Waals surface area contributed by atoms with Gasteiger partial charge in [-0.15, -0.1) is 0 Å². The van der Waals surface area contributed by atoms with Gasteiger partial charge in [-0.25, -0.2) is 13.1 Å². The Bertz CT molecular complexity index is 237. The smallest absolute Gasteiger partial charge is 0.211 e. The second-order valence-corrected chi connectivity index (χ2v) is 6.26. The molecule has 0 aliphatic heterocycles. The van der Waals surface area contributed by atoms with E-state index in [4.69, 9.17) is 0 Å². The Balaban J connectivity index is 3.36. The number of nitrogens with one attached hydrogen (secondary N) is 1. The summed E-state index contributed by atoms with van der Waals surface area (Å²) in [4.78, 5) is 0. The highest BCUT2D eigenvalue weighted by molar-refractivity contribution is 7.89. The van der Waals surface area contributed by atoms with Crippen molar-refractivity contribution in [1.82, 2.24) is 4.72 Å². The van der Waals surface area contributed by atoms with Crippen molar-refractivity contribution in [3.63, 3.8) is 0 Å². The van der Waals surface area contributed by atoms with Gasteiger partial charge in [-0.1, -0.05) is 52.4 Å². The molecule has 16 heavy (non-hydrogen) atoms. The lowest BCUT2D eigenvalue weighted by molar-refractivity contribution is 0.568. The molecule has 0 aromatic rings. The van der Waals surface area contributed by atoms with Gasteiger partial charge in [0, 0.05) is 6.54 Å². The third kappa shape index (κ3) is 10.4. The highest BCUT2D eigenvalue weighted by atomic mass is 32.2. The molecule has 0 heterocycles. The van der Waals surface area contributed by atoms with Crippen LogP contribution in [0.5, 0.6) is 0 Å². The van der Waals surface area contributed by atoms with E-state index in [1.807, 2.05) is 6.92 Å². The molecule has 3 nitrogen and oxygen atoms in total. The summed E-state index contributed by atoms with van der Waals surface area (Å²) < 4.78 is 25.4. The number of hydrogen-bond donors (Lipinski definition) is 1. The van der Waals surface area contributed by atoms with E-state index in [1.165, 1.54) is 32.1 Å². The van der Waals surface area contributed by atoms with Crippen LogP contribution >= 0.6 is 0 Å². The van der Waals surface area contributed by atoms with Gasteiger partial charge in [0.25, 0.3) is 0 Å². The van der Waals surface area contributed by atoms with E-state index in [-0.39, 0.29) is 0 Å². The lowest BCUT2D eigenvalue weighted by Crippen LogP contribution is -2.26. The quantitative estimate of drug-likeness (QED) is 0.572. The molecule has 0 atom stereocenters. The van der Waals surface area contributed by atoms with Gasteiger partial charge in [0.2, 0.25) is 10.0 Å². The summed E-state index contributed by atoms with van der Waals surface area (Å²) >= 11 is 0. The molecule has 0 aromatic heterocycles. The lowest BCUT2D eigenvalue weighted by Gasteiger charge is -2.05. The first-order chi connectivity index (χ1) is 7.62. The maximum absolute atomic E-state index is 11.4. The SMILES string of the molecule is CCCCCCCCCS(=O)(=O)NCCC. The molecule has 4 heteroatoms. The Hall–Kier alpha value is -0.0900. The van der Waals surface area contributed by atoms with Crippen molar-refractivity contribution in [1.29, 1.82) is 0 Å². The molecule has 1 N–H and O–H groups in total. The molecule has 0 aliphatic carbocycles. The Morgan fingerprint density at radius 3 is 1.94 bits per heavy atom. The van der Waals surface area contributed by atoms with Gasteiger partial charge in [0.15, 0.2) is 0 Å². The minimum absolute atomic E-state index is 0.292. The molecule has 0 bridgehead atoms. The predicted octanol–water partition coefficient (Wildman–Crippen LogP) is 3.07. The summed E-state index contributed by atoms with van der Waals surface area (Å²) in [5.74, 6) is 0.292. The van der Waals surface area contributed by atoms with E-state index < -0.39 is 10.0 Å². The Labute approximate surface area is 101 Å². The van der Waals surface area contributed by atoms with E-state index >= 15 is 0 Å². The molecule has 0 spiro atoms. The van der Waals surface area contributed by atoms with Crippen LogP contribution < -0.4 is 4.72 Å². The number of hydrogen-bond acceptors (Lipinski definition) is 2. The molecule has 0 fully saturated rings. The van der Waals surface area contributed by atoms with Crippen LogP contribution in [0.25, 0.3) is 0 Å². The fourth-order valence-electron chi connectivity index (χ4n) is 1.58. The maximum Gasteiger partial charge on any atom is 0.211 e. The van der Waals surface area contributed by atoms with Crippen LogP contribution in [0.3, 0.4) is 0 Å². The van der Waals surface area contributed by atoms with Crippen molar-refractivity contribution in [2.75, 3.05) is 12.3 Å². The van der Waals surface area contributed by atoms with E-state index in [1.54, 1.807) is 0 Å². The molecule has 0 radical (unpaired) electrons. The van der Waals surface area contributed by atoms with Crippen LogP contribution in [0, 0.1) is 0 Å². The lowest BCUT2D eigenvalue weighted by atomic mass is 10.1. The zero-order valence-electron chi connectivity index (χ0n) is 10.8. The second-order valence-electron chi connectivity index (χ2n) is 4.33. The monoisotopic (exact) mass is 249 g/mol. The first-order valence-electron chi connectivity index (χ1n) is 6.59. The van der Waals surface area contributed by atoms with Gasteiger partial charge >= 0.3 is 0 Å². The van der Waals surface area contributed by atoms with Gasteiger partial charge in [-0.05, 0) is 12.8 Å². The normalized spacial score (nSPS) is 11.9. The molecular formula is C12H27NO2S. The van der Waals surface area contributed by atoms with Crippen LogP contribution in [0.2, 0.25) is 0 Å². The standard InChI is InChI=1S/C12H27NO2S/c1-3-5-6-7-8-9-10-12-16(14,15)13-11-4-2/h13H,3-12H2,1-2H3. The fraction of sp³-hybridized carbons (Fsp3) is 1.00. The average molecular weight is 249 g/mol. The van der Waals surface area contributed by atoms with Crippen molar-refractivity contribution < 1.29 is 8.42 Å². The molecule has 0 unspecified atom stereocenters. The summed E-state index contributed by atoms with van der Waals surface area (Å²) in [5, 5.41) is 0. The zero-order chi connectivity index (χ0) is 12.3. The minimum atomic E-state index is -2.99. The molecule has 0 aromatic carbocycles. The summed E-state index contributed by atoms with van der Waals surface area (Å²) in [6.45, 7) is 4.74. The molecule has 0 saturated carbocycles. The molecule has 0 rings (SSSR count). The summed E-state index contributed by atoms with van der Waals surface area (Å²) in [6.07, 6.45) is 8.96. The molecule has 0 amide bonds. The fourth-order valence-corrected chi connectivity index (χ4v) is 2.82. The van der Waals surface area contributed by atoms with E-state index in [0.29, 0.717) is 12.3 Å². The van der Waals surface area contributed by atoms with Crippen molar-refractivity contribution >= 4 is 10.0 Å². The third-order valence-corrected chi connectivity index (χ3v) is 4.06. The Morgan fingerprint density at radius 2 is 1.38 bits per heavy atom. The Morgan fingerprint density at radius 1 is 0.812 bits per heavy atom. The van der Waals surface area contributed by atoms with Crippen LogP contribution in [0.1, 0.15) is 65.2 Å². The van der Waals surface area contributed by atoms with Gasteiger partial charge in [0.1, 0.15) is 0 Å². The second kappa shape index (κ2) is 10.1. The van der Waals surface area contributed by atoms with Crippen LogP contribution in [0.4, 0.5) is 0 Å². The number of sulfonamides is 1. The van der Waals surface area contributed by atoms with Crippen LogP contribution in [0.15, 0.2) is 0 Å². The Kier molecular flexibility index (Phi) is 10.0. The third-order valence-electron chi connectivity index (χ3n) is 2.59. The van der Waals surface area contributed by atoms with Gasteiger partial charge < -0.3 is 0 Å². The van der Waals surface area contributed by atoms with Gasteiger partial charge in [0.05, 0.1) is 5.75 Å². The van der Waals surface area contributed by atoms with Crippen molar-refractivity contribution in [3.8, 4) is 0 Å². The highest BCUT2D eigenvalue weighted by Gasteiger charge is 2.07. The summed E-state index contributed by atoms with van der Waals surface area (Å²) in [5.41, 5.74) is 0. The minimum Gasteiger partial charge on any atom is -0.215 e. The van der Waals surface area contributed by atoms with E-state index in [9.17, 15) is 8.42 Å². The summed E-state index contributed by atoms with van der Waals surface area (Å²) in [6, 6.07) is 0. The molecule has 98 valence electrons. The number of rotatable bonds is 11.